The zero-order valence-electron chi connectivity index (χ0n) is 11.3. The summed E-state index contributed by atoms with van der Waals surface area (Å²) < 4.78 is 5.33. The first-order chi connectivity index (χ1) is 9.29. The highest BCUT2D eigenvalue weighted by Gasteiger charge is 2.06. The molecule has 100 valence electrons. The number of nitrogens with zero attached hydrogens (tertiary/aromatic N) is 2. The van der Waals surface area contributed by atoms with Gasteiger partial charge in [0.25, 0.3) is 0 Å². The predicted octanol–water partition coefficient (Wildman–Crippen LogP) is 2.21. The molecule has 0 saturated carbocycles. The van der Waals surface area contributed by atoms with Crippen LogP contribution in [0.15, 0.2) is 42.9 Å². The Morgan fingerprint density at radius 2 is 2.11 bits per heavy atom. The lowest BCUT2D eigenvalue weighted by Crippen LogP contribution is -2.28. The summed E-state index contributed by atoms with van der Waals surface area (Å²) in [7, 11) is 1.70. The van der Waals surface area contributed by atoms with E-state index in [0.717, 1.165) is 30.0 Å². The minimum atomic E-state index is 0.335. The van der Waals surface area contributed by atoms with Crippen LogP contribution in [0.3, 0.4) is 0 Å². The maximum Gasteiger partial charge on any atom is 0.123 e. The molecule has 0 amide bonds. The van der Waals surface area contributed by atoms with Crippen LogP contribution in [0.4, 0.5) is 0 Å². The van der Waals surface area contributed by atoms with Gasteiger partial charge in [-0.2, -0.15) is 0 Å². The smallest absolute Gasteiger partial charge is 0.123 e. The molecule has 0 bridgehead atoms. The van der Waals surface area contributed by atoms with E-state index in [1.807, 2.05) is 18.2 Å². The first-order valence-electron chi connectivity index (χ1n) is 6.39. The molecule has 0 radical (unpaired) electrons. The molecule has 4 nitrogen and oxygen atoms in total. The number of hydrogen-bond acceptors (Lipinski definition) is 4. The summed E-state index contributed by atoms with van der Waals surface area (Å²) in [5.74, 6) is 0.918. The van der Waals surface area contributed by atoms with Crippen molar-refractivity contribution in [1.29, 1.82) is 0 Å². The molecule has 4 heteroatoms. The standard InChI is InChI=1S/C15H19N3O/c1-12(9-14-11-16-7-8-17-14)18-10-13-5-3-4-6-15(13)19-2/h3-8,11-12,18H,9-10H2,1-2H3. The van der Waals surface area contributed by atoms with Crippen LogP contribution in [0, 0.1) is 0 Å². The van der Waals surface area contributed by atoms with Gasteiger partial charge in [-0.25, -0.2) is 0 Å². The Hall–Kier alpha value is -1.94. The number of aromatic nitrogens is 2. The monoisotopic (exact) mass is 257 g/mol. The molecule has 0 aliphatic carbocycles. The molecule has 0 saturated heterocycles. The van der Waals surface area contributed by atoms with Gasteiger partial charge >= 0.3 is 0 Å². The Bertz CT molecular complexity index is 502. The molecule has 1 aromatic carbocycles. The second kappa shape index (κ2) is 6.85. The number of methoxy groups -OCH3 is 1. The third-order valence-electron chi connectivity index (χ3n) is 2.97. The van der Waals surface area contributed by atoms with Crippen molar-refractivity contribution < 1.29 is 4.74 Å². The van der Waals surface area contributed by atoms with Crippen LogP contribution in [0.5, 0.6) is 5.75 Å². The van der Waals surface area contributed by atoms with Gasteiger partial charge in [-0.15, -0.1) is 0 Å². The Morgan fingerprint density at radius 3 is 2.84 bits per heavy atom. The minimum absolute atomic E-state index is 0.335. The van der Waals surface area contributed by atoms with E-state index < -0.39 is 0 Å². The lowest BCUT2D eigenvalue weighted by molar-refractivity contribution is 0.405. The number of benzene rings is 1. The second-order valence-electron chi connectivity index (χ2n) is 4.49. The first kappa shape index (κ1) is 13.5. The lowest BCUT2D eigenvalue weighted by atomic mass is 10.1. The molecular formula is C15H19N3O. The maximum atomic E-state index is 5.33. The van der Waals surface area contributed by atoms with Gasteiger partial charge in [0.1, 0.15) is 5.75 Å². The molecule has 0 aliphatic heterocycles. The molecule has 0 spiro atoms. The zero-order chi connectivity index (χ0) is 13.5. The quantitative estimate of drug-likeness (QED) is 0.862. The summed E-state index contributed by atoms with van der Waals surface area (Å²) in [6.07, 6.45) is 6.09. The molecule has 1 unspecified atom stereocenters. The Kier molecular flexibility index (Phi) is 4.86. The number of rotatable bonds is 6. The van der Waals surface area contributed by atoms with Gasteiger partial charge in [0.15, 0.2) is 0 Å². The highest BCUT2D eigenvalue weighted by molar-refractivity contribution is 5.33. The van der Waals surface area contributed by atoms with Crippen LogP contribution >= 0.6 is 0 Å². The second-order valence-corrected chi connectivity index (χ2v) is 4.49. The predicted molar refractivity (Wildman–Crippen MR) is 75.0 cm³/mol. The summed E-state index contributed by atoms with van der Waals surface area (Å²) in [4.78, 5) is 8.35. The SMILES string of the molecule is COc1ccccc1CNC(C)Cc1cnccn1. The Labute approximate surface area is 113 Å². The molecule has 2 aromatic rings. The van der Waals surface area contributed by atoms with E-state index in [2.05, 4.69) is 28.3 Å². The summed E-state index contributed by atoms with van der Waals surface area (Å²) in [6, 6.07) is 8.38. The van der Waals surface area contributed by atoms with E-state index in [-0.39, 0.29) is 0 Å². The van der Waals surface area contributed by atoms with Crippen LogP contribution in [0.2, 0.25) is 0 Å². The molecule has 1 N–H and O–H groups in total. The van der Waals surface area contributed by atoms with Crippen molar-refractivity contribution in [3.8, 4) is 5.75 Å². The van der Waals surface area contributed by atoms with E-state index in [1.54, 1.807) is 25.7 Å². The molecular weight excluding hydrogens is 238 g/mol. The number of hydrogen-bond donors (Lipinski definition) is 1. The van der Waals surface area contributed by atoms with Crippen molar-refractivity contribution in [3.63, 3.8) is 0 Å². The fraction of sp³-hybridized carbons (Fsp3) is 0.333. The van der Waals surface area contributed by atoms with Crippen molar-refractivity contribution in [2.45, 2.75) is 25.9 Å². The normalized spacial score (nSPS) is 12.1. The first-order valence-corrected chi connectivity index (χ1v) is 6.39. The van der Waals surface area contributed by atoms with Gasteiger partial charge in [0, 0.05) is 43.2 Å². The van der Waals surface area contributed by atoms with E-state index in [0.29, 0.717) is 6.04 Å². The van der Waals surface area contributed by atoms with E-state index >= 15 is 0 Å². The minimum Gasteiger partial charge on any atom is -0.496 e. The summed E-state index contributed by atoms with van der Waals surface area (Å²) in [5, 5.41) is 3.47. The summed E-state index contributed by atoms with van der Waals surface area (Å²) >= 11 is 0. The average molecular weight is 257 g/mol. The topological polar surface area (TPSA) is 47.0 Å². The maximum absolute atomic E-state index is 5.33. The van der Waals surface area contributed by atoms with Gasteiger partial charge in [-0.3, -0.25) is 9.97 Å². The van der Waals surface area contributed by atoms with Crippen molar-refractivity contribution >= 4 is 0 Å². The van der Waals surface area contributed by atoms with E-state index in [9.17, 15) is 0 Å². The number of nitrogens with one attached hydrogen (secondary N) is 1. The molecule has 0 aliphatic rings. The fourth-order valence-electron chi connectivity index (χ4n) is 1.95. The van der Waals surface area contributed by atoms with Gasteiger partial charge < -0.3 is 10.1 Å². The fourth-order valence-corrected chi connectivity index (χ4v) is 1.95. The van der Waals surface area contributed by atoms with Crippen molar-refractivity contribution in [1.82, 2.24) is 15.3 Å². The summed E-state index contributed by atoms with van der Waals surface area (Å²) in [5.41, 5.74) is 2.17. The van der Waals surface area contributed by atoms with Crippen LogP contribution in [0.1, 0.15) is 18.2 Å². The molecule has 1 heterocycles. The van der Waals surface area contributed by atoms with Crippen LogP contribution in [-0.2, 0) is 13.0 Å². The van der Waals surface area contributed by atoms with Crippen molar-refractivity contribution in [2.24, 2.45) is 0 Å². The molecule has 1 atom stereocenters. The Balaban J connectivity index is 1.88. The van der Waals surface area contributed by atoms with Crippen LogP contribution in [-0.4, -0.2) is 23.1 Å². The average Bonchev–Trinajstić information content (AvgIpc) is 2.46. The number of ether oxygens (including phenoxy) is 1. The van der Waals surface area contributed by atoms with Crippen molar-refractivity contribution in [3.05, 3.63) is 54.1 Å². The van der Waals surface area contributed by atoms with Gasteiger partial charge in [0.2, 0.25) is 0 Å². The molecule has 0 fully saturated rings. The highest BCUT2D eigenvalue weighted by Crippen LogP contribution is 2.16. The van der Waals surface area contributed by atoms with E-state index in [4.69, 9.17) is 4.74 Å². The highest BCUT2D eigenvalue weighted by atomic mass is 16.5. The Morgan fingerprint density at radius 1 is 1.26 bits per heavy atom. The van der Waals surface area contributed by atoms with Crippen molar-refractivity contribution in [2.75, 3.05) is 7.11 Å². The molecule has 19 heavy (non-hydrogen) atoms. The number of para-hydroxylation sites is 1. The third kappa shape index (κ3) is 4.03. The summed E-state index contributed by atoms with van der Waals surface area (Å²) in [6.45, 7) is 2.93. The van der Waals surface area contributed by atoms with Gasteiger partial charge in [0.05, 0.1) is 12.8 Å². The lowest BCUT2D eigenvalue weighted by Gasteiger charge is -2.14. The van der Waals surface area contributed by atoms with Crippen LogP contribution < -0.4 is 10.1 Å². The largest absolute Gasteiger partial charge is 0.496 e. The van der Waals surface area contributed by atoms with Crippen LogP contribution in [0.25, 0.3) is 0 Å². The third-order valence-corrected chi connectivity index (χ3v) is 2.97. The van der Waals surface area contributed by atoms with Gasteiger partial charge in [-0.05, 0) is 13.0 Å². The molecule has 2 rings (SSSR count). The van der Waals surface area contributed by atoms with Gasteiger partial charge in [-0.1, -0.05) is 18.2 Å². The van der Waals surface area contributed by atoms with E-state index in [1.165, 1.54) is 0 Å². The molecule has 1 aromatic heterocycles. The zero-order valence-corrected chi connectivity index (χ0v) is 11.3.